The third kappa shape index (κ3) is 6.98. The highest BCUT2D eigenvalue weighted by Gasteiger charge is 2.05. The van der Waals surface area contributed by atoms with Crippen molar-refractivity contribution in [3.63, 3.8) is 0 Å². The number of rotatable bonds is 6. The van der Waals surface area contributed by atoms with Gasteiger partial charge in [-0.25, -0.2) is 0 Å². The summed E-state index contributed by atoms with van der Waals surface area (Å²) < 4.78 is 5.02. The lowest BCUT2D eigenvalue weighted by Crippen LogP contribution is -2.09. The normalized spacial score (nSPS) is 16.4. The topological polar surface area (TPSA) is 9.23 Å². The van der Waals surface area contributed by atoms with Crippen molar-refractivity contribution in [3.8, 4) is 0 Å². The summed E-state index contributed by atoms with van der Waals surface area (Å²) in [6.07, 6.45) is 0. The summed E-state index contributed by atoms with van der Waals surface area (Å²) in [5, 5.41) is 0.589. The molecule has 2 atom stereocenters. The second-order valence-corrected chi connectivity index (χ2v) is 4.64. The maximum atomic E-state index is 5.67. The van der Waals surface area contributed by atoms with E-state index in [9.17, 15) is 0 Å². The third-order valence-corrected chi connectivity index (χ3v) is 3.32. The first-order chi connectivity index (χ1) is 5.20. The Morgan fingerprint density at radius 2 is 2.09 bits per heavy atom. The van der Waals surface area contributed by atoms with Gasteiger partial charge in [0.15, 0.2) is 0 Å². The molecule has 0 amide bonds. The van der Waals surface area contributed by atoms with Crippen molar-refractivity contribution in [3.05, 3.63) is 0 Å². The van der Waals surface area contributed by atoms with E-state index in [1.165, 1.54) is 0 Å². The molecule has 1 nitrogen and oxygen atoms in total. The molecule has 0 bridgehead atoms. The molecular weight excluding hydrogens is 180 g/mol. The molecular formula is C8H17ClOS. The van der Waals surface area contributed by atoms with Crippen LogP contribution in [-0.2, 0) is 4.74 Å². The first-order valence-electron chi connectivity index (χ1n) is 3.87. The molecule has 0 radical (unpaired) electrons. The standard InChI is InChI=1S/C8H17ClOS/c1-7(4-9)6-11-8(2)5-10-3/h7-8H,4-6H2,1-3H3. The van der Waals surface area contributed by atoms with Crippen LogP contribution in [0.1, 0.15) is 13.8 Å². The summed E-state index contributed by atoms with van der Waals surface area (Å²) in [5.74, 6) is 2.50. The minimum atomic E-state index is 0.589. The van der Waals surface area contributed by atoms with E-state index in [2.05, 4.69) is 13.8 Å². The average Bonchev–Trinajstić information content (AvgIpc) is 2.01. The SMILES string of the molecule is COCC(C)SCC(C)CCl. The van der Waals surface area contributed by atoms with Gasteiger partial charge in [-0.1, -0.05) is 13.8 Å². The van der Waals surface area contributed by atoms with Crippen molar-refractivity contribution >= 4 is 23.4 Å². The van der Waals surface area contributed by atoms with Crippen LogP contribution in [0.15, 0.2) is 0 Å². The molecule has 0 aliphatic rings. The fourth-order valence-electron chi connectivity index (χ4n) is 0.656. The van der Waals surface area contributed by atoms with Crippen molar-refractivity contribution in [1.82, 2.24) is 0 Å². The lowest BCUT2D eigenvalue weighted by atomic mass is 10.3. The van der Waals surface area contributed by atoms with Crippen LogP contribution in [0.4, 0.5) is 0 Å². The zero-order chi connectivity index (χ0) is 8.69. The van der Waals surface area contributed by atoms with E-state index in [-0.39, 0.29) is 0 Å². The van der Waals surface area contributed by atoms with Gasteiger partial charge in [-0.3, -0.25) is 0 Å². The second-order valence-electron chi connectivity index (χ2n) is 2.86. The number of halogens is 1. The molecule has 0 spiro atoms. The number of ether oxygens (including phenoxy) is 1. The molecule has 0 saturated heterocycles. The van der Waals surface area contributed by atoms with Gasteiger partial charge in [0.05, 0.1) is 6.61 Å². The van der Waals surface area contributed by atoms with Crippen molar-refractivity contribution in [2.45, 2.75) is 19.1 Å². The molecule has 0 heterocycles. The predicted octanol–water partition coefficient (Wildman–Crippen LogP) is 2.63. The molecule has 0 aromatic carbocycles. The summed E-state index contributed by atoms with van der Waals surface area (Å²) in [6.45, 7) is 5.17. The Balaban J connectivity index is 3.22. The molecule has 2 unspecified atom stereocenters. The average molecular weight is 197 g/mol. The lowest BCUT2D eigenvalue weighted by molar-refractivity contribution is 0.203. The zero-order valence-corrected chi connectivity index (χ0v) is 9.04. The maximum Gasteiger partial charge on any atom is 0.0578 e. The Hall–Kier alpha value is 0.600. The summed E-state index contributed by atoms with van der Waals surface area (Å²) in [4.78, 5) is 0. The van der Waals surface area contributed by atoms with Crippen LogP contribution < -0.4 is 0 Å². The van der Waals surface area contributed by atoms with Crippen molar-refractivity contribution in [2.24, 2.45) is 5.92 Å². The number of hydrogen-bond donors (Lipinski definition) is 0. The first kappa shape index (κ1) is 11.6. The molecule has 3 heteroatoms. The molecule has 0 aliphatic heterocycles. The Morgan fingerprint density at radius 3 is 2.55 bits per heavy atom. The van der Waals surface area contributed by atoms with Crippen molar-refractivity contribution in [1.29, 1.82) is 0 Å². The van der Waals surface area contributed by atoms with E-state index in [1.807, 2.05) is 11.8 Å². The molecule has 0 fully saturated rings. The quantitative estimate of drug-likeness (QED) is 0.605. The van der Waals surface area contributed by atoms with Gasteiger partial charge < -0.3 is 4.74 Å². The predicted molar refractivity (Wildman–Crippen MR) is 53.7 cm³/mol. The van der Waals surface area contributed by atoms with Crippen LogP contribution in [0.25, 0.3) is 0 Å². The van der Waals surface area contributed by atoms with E-state index in [0.717, 1.165) is 18.2 Å². The molecule has 11 heavy (non-hydrogen) atoms. The van der Waals surface area contributed by atoms with Gasteiger partial charge in [-0.05, 0) is 11.7 Å². The monoisotopic (exact) mass is 196 g/mol. The molecule has 0 aliphatic carbocycles. The third-order valence-electron chi connectivity index (χ3n) is 1.33. The van der Waals surface area contributed by atoms with E-state index >= 15 is 0 Å². The van der Waals surface area contributed by atoms with Gasteiger partial charge in [0.1, 0.15) is 0 Å². The van der Waals surface area contributed by atoms with E-state index in [1.54, 1.807) is 7.11 Å². The summed E-state index contributed by atoms with van der Waals surface area (Å²) >= 11 is 7.59. The fraction of sp³-hybridized carbons (Fsp3) is 1.00. The molecule has 0 rings (SSSR count). The van der Waals surface area contributed by atoms with Crippen LogP contribution in [0.3, 0.4) is 0 Å². The second kappa shape index (κ2) is 7.26. The molecule has 0 saturated carbocycles. The largest absolute Gasteiger partial charge is 0.384 e. The Kier molecular flexibility index (Phi) is 7.66. The highest BCUT2D eigenvalue weighted by atomic mass is 35.5. The lowest BCUT2D eigenvalue weighted by Gasteiger charge is -2.12. The Labute approximate surface area is 78.8 Å². The highest BCUT2D eigenvalue weighted by Crippen LogP contribution is 2.15. The number of methoxy groups -OCH3 is 1. The van der Waals surface area contributed by atoms with Crippen LogP contribution in [0.5, 0.6) is 0 Å². The smallest absolute Gasteiger partial charge is 0.0578 e. The highest BCUT2D eigenvalue weighted by molar-refractivity contribution is 7.99. The van der Waals surface area contributed by atoms with Crippen LogP contribution in [0.2, 0.25) is 0 Å². The van der Waals surface area contributed by atoms with Crippen molar-refractivity contribution in [2.75, 3.05) is 25.3 Å². The summed E-state index contributed by atoms with van der Waals surface area (Å²) in [5.41, 5.74) is 0. The maximum absolute atomic E-state index is 5.67. The number of alkyl halides is 1. The molecule has 68 valence electrons. The fourth-order valence-corrected chi connectivity index (χ4v) is 1.90. The van der Waals surface area contributed by atoms with Crippen LogP contribution in [-0.4, -0.2) is 30.6 Å². The zero-order valence-electron chi connectivity index (χ0n) is 7.47. The van der Waals surface area contributed by atoms with E-state index in [0.29, 0.717) is 11.2 Å². The van der Waals surface area contributed by atoms with Crippen LogP contribution in [0, 0.1) is 5.92 Å². The summed E-state index contributed by atoms with van der Waals surface area (Å²) in [7, 11) is 1.74. The van der Waals surface area contributed by atoms with Crippen LogP contribution >= 0.6 is 23.4 Å². The van der Waals surface area contributed by atoms with Gasteiger partial charge in [0.2, 0.25) is 0 Å². The van der Waals surface area contributed by atoms with Gasteiger partial charge in [0.25, 0.3) is 0 Å². The molecule has 0 aromatic rings. The van der Waals surface area contributed by atoms with Gasteiger partial charge in [0, 0.05) is 18.2 Å². The summed E-state index contributed by atoms with van der Waals surface area (Å²) in [6, 6.07) is 0. The minimum absolute atomic E-state index is 0.589. The number of hydrogen-bond acceptors (Lipinski definition) is 2. The van der Waals surface area contributed by atoms with Gasteiger partial charge >= 0.3 is 0 Å². The minimum Gasteiger partial charge on any atom is -0.384 e. The Bertz CT molecular complexity index is 90.2. The first-order valence-corrected chi connectivity index (χ1v) is 5.45. The van der Waals surface area contributed by atoms with Crippen molar-refractivity contribution < 1.29 is 4.74 Å². The Morgan fingerprint density at radius 1 is 1.45 bits per heavy atom. The number of thioether (sulfide) groups is 1. The molecule has 0 aromatic heterocycles. The van der Waals surface area contributed by atoms with E-state index < -0.39 is 0 Å². The van der Waals surface area contributed by atoms with Gasteiger partial charge in [-0.15, -0.1) is 11.6 Å². The molecule has 0 N–H and O–H groups in total. The van der Waals surface area contributed by atoms with E-state index in [4.69, 9.17) is 16.3 Å². The van der Waals surface area contributed by atoms with Gasteiger partial charge in [-0.2, -0.15) is 11.8 Å².